The van der Waals surface area contributed by atoms with Gasteiger partial charge in [0.15, 0.2) is 8.32 Å². The van der Waals surface area contributed by atoms with Gasteiger partial charge in [-0.2, -0.15) is 0 Å². The molecule has 0 aliphatic heterocycles. The zero-order valence-corrected chi connectivity index (χ0v) is 17.4. The van der Waals surface area contributed by atoms with E-state index in [1.54, 1.807) is 12.1 Å². The summed E-state index contributed by atoms with van der Waals surface area (Å²) in [5.74, 6) is -0.337. The lowest BCUT2D eigenvalue weighted by Crippen LogP contribution is -2.40. The second kappa shape index (κ2) is 9.16. The molecule has 1 aromatic carbocycles. The van der Waals surface area contributed by atoms with Gasteiger partial charge in [-0.25, -0.2) is 4.79 Å². The lowest BCUT2D eigenvalue weighted by atomic mass is 10.1. The molecule has 0 amide bonds. The first-order valence-corrected chi connectivity index (χ1v) is 11.7. The molecule has 3 nitrogen and oxygen atoms in total. The SMILES string of the molecule is C=C(CCCO[Si](C)(C)C(C)(C)C)C(=C)COC(=O)c1ccccc1. The predicted octanol–water partition coefficient (Wildman–Crippen LogP) is 5.76. The minimum atomic E-state index is -1.69. The van der Waals surface area contributed by atoms with Crippen LogP contribution in [0.4, 0.5) is 0 Å². The number of benzene rings is 1. The Bertz CT molecular complexity index is 597. The summed E-state index contributed by atoms with van der Waals surface area (Å²) < 4.78 is 11.5. The first-order valence-electron chi connectivity index (χ1n) is 8.76. The first-order chi connectivity index (χ1) is 11.5. The van der Waals surface area contributed by atoms with Crippen LogP contribution in [0.15, 0.2) is 54.6 Å². The van der Waals surface area contributed by atoms with E-state index in [2.05, 4.69) is 47.0 Å². The molecule has 0 spiro atoms. The average Bonchev–Trinajstić information content (AvgIpc) is 2.55. The lowest BCUT2D eigenvalue weighted by Gasteiger charge is -2.36. The third-order valence-corrected chi connectivity index (χ3v) is 9.32. The van der Waals surface area contributed by atoms with Crippen molar-refractivity contribution in [1.82, 2.24) is 0 Å². The Balaban J connectivity index is 2.31. The minimum absolute atomic E-state index is 0.176. The van der Waals surface area contributed by atoms with Crippen molar-refractivity contribution >= 4 is 14.3 Å². The summed E-state index contributed by atoms with van der Waals surface area (Å²) in [5, 5.41) is 0.221. The van der Waals surface area contributed by atoms with Gasteiger partial charge in [0.2, 0.25) is 0 Å². The maximum atomic E-state index is 11.9. The molecule has 0 radical (unpaired) electrons. The van der Waals surface area contributed by atoms with Crippen LogP contribution < -0.4 is 0 Å². The van der Waals surface area contributed by atoms with Gasteiger partial charge >= 0.3 is 5.97 Å². The van der Waals surface area contributed by atoms with E-state index in [1.807, 2.05) is 18.2 Å². The lowest BCUT2D eigenvalue weighted by molar-refractivity contribution is 0.0542. The van der Waals surface area contributed by atoms with Gasteiger partial charge in [-0.3, -0.25) is 0 Å². The number of esters is 1. The number of carbonyl (C=O) groups is 1. The summed E-state index contributed by atoms with van der Waals surface area (Å²) >= 11 is 0. The molecule has 1 rings (SSSR count). The standard InChI is InChI=1S/C21H32O3Si/c1-17(12-11-15-24-25(6,7)21(3,4)5)18(2)16-23-20(22)19-13-9-8-10-14-19/h8-10,13-14H,1-2,11-12,15-16H2,3-7H3. The van der Waals surface area contributed by atoms with E-state index in [0.717, 1.165) is 30.6 Å². The molecule has 138 valence electrons. The Kier molecular flexibility index (Phi) is 7.84. The molecule has 1 aromatic rings. The summed E-state index contributed by atoms with van der Waals surface area (Å²) in [5.41, 5.74) is 2.22. The van der Waals surface area contributed by atoms with Crippen LogP contribution in [0.2, 0.25) is 18.1 Å². The minimum Gasteiger partial charge on any atom is -0.457 e. The summed E-state index contributed by atoms with van der Waals surface area (Å²) in [7, 11) is -1.69. The average molecular weight is 361 g/mol. The molecule has 0 unspecified atom stereocenters. The van der Waals surface area contributed by atoms with Gasteiger partial charge in [0.1, 0.15) is 6.61 Å². The fourth-order valence-electron chi connectivity index (χ4n) is 1.92. The van der Waals surface area contributed by atoms with Crippen molar-refractivity contribution in [2.75, 3.05) is 13.2 Å². The van der Waals surface area contributed by atoms with E-state index >= 15 is 0 Å². The van der Waals surface area contributed by atoms with E-state index in [9.17, 15) is 4.79 Å². The van der Waals surface area contributed by atoms with Crippen LogP contribution in [0.25, 0.3) is 0 Å². The van der Waals surface area contributed by atoms with E-state index in [4.69, 9.17) is 9.16 Å². The van der Waals surface area contributed by atoms with E-state index in [0.29, 0.717) is 5.56 Å². The van der Waals surface area contributed by atoms with Crippen molar-refractivity contribution in [2.24, 2.45) is 0 Å². The summed E-state index contributed by atoms with van der Waals surface area (Å²) in [6.45, 7) is 20.2. The Morgan fingerprint density at radius 3 is 2.24 bits per heavy atom. The van der Waals surface area contributed by atoms with Crippen LogP contribution in [0.3, 0.4) is 0 Å². The van der Waals surface area contributed by atoms with Crippen molar-refractivity contribution in [3.05, 3.63) is 60.2 Å². The summed E-state index contributed by atoms with van der Waals surface area (Å²) in [6, 6.07) is 8.96. The molecule has 0 aliphatic carbocycles. The molecule has 0 aromatic heterocycles. The predicted molar refractivity (Wildman–Crippen MR) is 107 cm³/mol. The van der Waals surface area contributed by atoms with Gasteiger partial charge in [0, 0.05) is 6.61 Å². The monoisotopic (exact) mass is 360 g/mol. The number of hydrogen-bond donors (Lipinski definition) is 0. The molecule has 4 heteroatoms. The molecule has 0 saturated heterocycles. The van der Waals surface area contributed by atoms with Gasteiger partial charge in [0.05, 0.1) is 5.56 Å². The van der Waals surface area contributed by atoms with Crippen molar-refractivity contribution in [2.45, 2.75) is 51.7 Å². The molecular weight excluding hydrogens is 328 g/mol. The van der Waals surface area contributed by atoms with E-state index < -0.39 is 8.32 Å². The molecule has 0 fully saturated rings. The molecular formula is C21H32O3Si. The molecule has 0 bridgehead atoms. The van der Waals surface area contributed by atoms with Gasteiger partial charge in [-0.15, -0.1) is 0 Å². The van der Waals surface area contributed by atoms with E-state index in [1.165, 1.54) is 0 Å². The number of carbonyl (C=O) groups excluding carboxylic acids is 1. The zero-order valence-electron chi connectivity index (χ0n) is 16.4. The van der Waals surface area contributed by atoms with Crippen molar-refractivity contribution in [3.8, 4) is 0 Å². The van der Waals surface area contributed by atoms with Crippen LogP contribution in [-0.4, -0.2) is 27.5 Å². The van der Waals surface area contributed by atoms with Crippen molar-refractivity contribution < 1.29 is 14.0 Å². The Morgan fingerprint density at radius 1 is 1.08 bits per heavy atom. The van der Waals surface area contributed by atoms with Crippen LogP contribution in [0.1, 0.15) is 44.0 Å². The molecule has 0 heterocycles. The quantitative estimate of drug-likeness (QED) is 0.243. The van der Waals surface area contributed by atoms with E-state index in [-0.39, 0.29) is 17.6 Å². The summed E-state index contributed by atoms with van der Waals surface area (Å²) in [4.78, 5) is 11.9. The highest BCUT2D eigenvalue weighted by Gasteiger charge is 2.36. The first kappa shape index (κ1) is 21.4. The number of rotatable bonds is 9. The van der Waals surface area contributed by atoms with Crippen molar-refractivity contribution in [1.29, 1.82) is 0 Å². The maximum Gasteiger partial charge on any atom is 0.338 e. The highest BCUT2D eigenvalue weighted by Crippen LogP contribution is 2.36. The Morgan fingerprint density at radius 2 is 1.68 bits per heavy atom. The van der Waals surface area contributed by atoms with Crippen LogP contribution in [-0.2, 0) is 9.16 Å². The molecule has 0 atom stereocenters. The largest absolute Gasteiger partial charge is 0.457 e. The maximum absolute atomic E-state index is 11.9. The van der Waals surface area contributed by atoms with Crippen LogP contribution >= 0.6 is 0 Å². The number of ether oxygens (including phenoxy) is 1. The van der Waals surface area contributed by atoms with Crippen LogP contribution in [0.5, 0.6) is 0 Å². The van der Waals surface area contributed by atoms with Gasteiger partial charge in [0.25, 0.3) is 0 Å². The Labute approximate surface area is 153 Å². The topological polar surface area (TPSA) is 35.5 Å². The van der Waals surface area contributed by atoms with Gasteiger partial charge in [-0.1, -0.05) is 52.1 Å². The number of hydrogen-bond acceptors (Lipinski definition) is 3. The molecule has 0 N–H and O–H groups in total. The highest BCUT2D eigenvalue weighted by atomic mass is 28.4. The summed E-state index contributed by atoms with van der Waals surface area (Å²) in [6.07, 6.45) is 1.70. The third-order valence-electron chi connectivity index (χ3n) is 4.78. The van der Waals surface area contributed by atoms with Crippen molar-refractivity contribution in [3.63, 3.8) is 0 Å². The third kappa shape index (κ3) is 7.00. The molecule has 0 aliphatic rings. The fraction of sp³-hybridized carbons (Fsp3) is 0.476. The highest BCUT2D eigenvalue weighted by molar-refractivity contribution is 6.74. The normalized spacial score (nSPS) is 11.9. The molecule has 25 heavy (non-hydrogen) atoms. The zero-order chi connectivity index (χ0) is 19.1. The Hall–Kier alpha value is -1.65. The second-order valence-corrected chi connectivity index (χ2v) is 12.7. The fourth-order valence-corrected chi connectivity index (χ4v) is 3.01. The second-order valence-electron chi connectivity index (χ2n) is 7.86. The van der Waals surface area contributed by atoms with Gasteiger partial charge < -0.3 is 9.16 Å². The smallest absolute Gasteiger partial charge is 0.338 e. The van der Waals surface area contributed by atoms with Crippen LogP contribution in [0, 0.1) is 0 Å². The molecule has 0 saturated carbocycles. The van der Waals surface area contributed by atoms with Gasteiger partial charge in [-0.05, 0) is 54.3 Å².